The number of fused-ring (bicyclic) bond motifs is 1. The minimum Gasteiger partial charge on any atom is -0.494 e. The van der Waals surface area contributed by atoms with Gasteiger partial charge in [0.15, 0.2) is 5.69 Å². The van der Waals surface area contributed by atoms with Crippen molar-refractivity contribution in [2.45, 2.75) is 77.6 Å². The molecule has 46 heavy (non-hydrogen) atoms. The summed E-state index contributed by atoms with van der Waals surface area (Å²) in [6.45, 7) is 15.7. The fraction of sp³-hybridized carbons (Fsp3) is 0.378. The van der Waals surface area contributed by atoms with Crippen LogP contribution < -0.4 is 4.74 Å². The molecule has 2 amide bonds. The average molecular weight is 658 g/mol. The van der Waals surface area contributed by atoms with Gasteiger partial charge in [-0.25, -0.2) is 9.64 Å². The maximum absolute atomic E-state index is 14.5. The lowest BCUT2D eigenvalue weighted by Crippen LogP contribution is -2.47. The number of hydrogen-bond donors (Lipinski definition) is 0. The Balaban J connectivity index is 1.47. The van der Waals surface area contributed by atoms with Gasteiger partial charge in [0.2, 0.25) is 0 Å². The van der Waals surface area contributed by atoms with Crippen LogP contribution in [0, 0.1) is 6.57 Å². The molecule has 0 N–H and O–H groups in total. The third kappa shape index (κ3) is 7.49. The van der Waals surface area contributed by atoms with Gasteiger partial charge in [-0.2, -0.15) is 0 Å². The topological polar surface area (TPSA) is 63.4 Å². The number of carbonyl (C=O) groups is 2. The molecule has 4 aromatic rings. The summed E-state index contributed by atoms with van der Waals surface area (Å²) in [6, 6.07) is 21.3. The van der Waals surface area contributed by atoms with E-state index in [2.05, 4.69) is 10.9 Å². The lowest BCUT2D eigenvalue weighted by molar-refractivity contribution is 0.0144. The van der Waals surface area contributed by atoms with Gasteiger partial charge < -0.3 is 19.3 Å². The molecule has 0 spiro atoms. The molecule has 0 atom stereocenters. The van der Waals surface area contributed by atoms with Gasteiger partial charge in [-0.05, 0) is 82.7 Å². The van der Waals surface area contributed by atoms with Gasteiger partial charge in [0.05, 0.1) is 18.2 Å². The molecule has 9 heteroatoms. The Hall–Kier alpha value is -4.06. The number of thiophene rings is 1. The molecule has 0 aliphatic heterocycles. The first-order chi connectivity index (χ1) is 22.0. The molecule has 1 heterocycles. The van der Waals surface area contributed by atoms with E-state index in [-0.39, 0.29) is 24.1 Å². The van der Waals surface area contributed by atoms with E-state index in [4.69, 9.17) is 27.6 Å². The Morgan fingerprint density at radius 1 is 0.978 bits per heavy atom. The van der Waals surface area contributed by atoms with Gasteiger partial charge in [0.1, 0.15) is 16.2 Å². The summed E-state index contributed by atoms with van der Waals surface area (Å²) in [5.41, 5.74) is 2.87. The quantitative estimate of drug-likeness (QED) is 0.177. The normalized spacial score (nSPS) is 16.5. The van der Waals surface area contributed by atoms with E-state index in [0.29, 0.717) is 28.7 Å². The molecule has 1 aromatic heterocycles. The Bertz CT molecular complexity index is 1750. The largest absolute Gasteiger partial charge is 0.494 e. The van der Waals surface area contributed by atoms with E-state index in [1.807, 2.05) is 93.3 Å². The minimum atomic E-state index is -0.568. The highest BCUT2D eigenvalue weighted by Gasteiger charge is 2.35. The van der Waals surface area contributed by atoms with Crippen LogP contribution in [0.5, 0.6) is 5.75 Å². The molecule has 0 bridgehead atoms. The van der Waals surface area contributed by atoms with Crippen molar-refractivity contribution in [3.05, 3.63) is 93.6 Å². The summed E-state index contributed by atoms with van der Waals surface area (Å²) < 4.78 is 12.7. The minimum absolute atomic E-state index is 0.0247. The van der Waals surface area contributed by atoms with Crippen molar-refractivity contribution < 1.29 is 19.1 Å². The van der Waals surface area contributed by atoms with Crippen molar-refractivity contribution in [3.63, 3.8) is 0 Å². The van der Waals surface area contributed by atoms with E-state index in [1.54, 1.807) is 11.9 Å². The lowest BCUT2D eigenvalue weighted by atomic mass is 9.89. The summed E-state index contributed by atoms with van der Waals surface area (Å²) in [5, 5.41) is 1.35. The monoisotopic (exact) mass is 657 g/mol. The second kappa shape index (κ2) is 14.1. The molecule has 1 saturated carbocycles. The summed E-state index contributed by atoms with van der Waals surface area (Å²) in [6.07, 6.45) is 2.62. The summed E-state index contributed by atoms with van der Waals surface area (Å²) in [7, 11) is 1.80. The van der Waals surface area contributed by atoms with Crippen molar-refractivity contribution in [2.24, 2.45) is 0 Å². The molecule has 3 aromatic carbocycles. The lowest BCUT2D eigenvalue weighted by Gasteiger charge is -2.40. The van der Waals surface area contributed by atoms with Crippen molar-refractivity contribution in [1.82, 2.24) is 9.80 Å². The number of carbonyl (C=O) groups excluding carboxylic acids is 2. The van der Waals surface area contributed by atoms with E-state index < -0.39 is 5.60 Å². The van der Waals surface area contributed by atoms with Crippen LogP contribution >= 0.6 is 22.9 Å². The number of hydrogen-bond acceptors (Lipinski definition) is 5. The SMILES string of the molecule is [C-]#[N+]c1ccc(-c2ccc(OCC)c(CN(C(=O)c3sc4ccccc4c3Cl)[C@H]3CC[C@H](N(C)C(=O)OC(C)(C)C)CC3)c2)cc1. The molecule has 240 valence electrons. The molecule has 0 saturated heterocycles. The van der Waals surface area contributed by atoms with Crippen molar-refractivity contribution in [1.29, 1.82) is 0 Å². The van der Waals surface area contributed by atoms with Gasteiger partial charge in [-0.1, -0.05) is 60.1 Å². The highest BCUT2D eigenvalue weighted by molar-refractivity contribution is 7.21. The number of nitrogens with zero attached hydrogens (tertiary/aromatic N) is 3. The Morgan fingerprint density at radius 3 is 2.26 bits per heavy atom. The molecule has 1 aliphatic rings. The molecule has 0 unspecified atom stereocenters. The summed E-state index contributed by atoms with van der Waals surface area (Å²) in [4.78, 5) is 35.0. The second-order valence-electron chi connectivity index (χ2n) is 12.6. The second-order valence-corrected chi connectivity index (χ2v) is 14.1. The van der Waals surface area contributed by atoms with Gasteiger partial charge in [-0.15, -0.1) is 11.3 Å². The first-order valence-electron chi connectivity index (χ1n) is 15.7. The zero-order chi connectivity index (χ0) is 33.0. The van der Waals surface area contributed by atoms with E-state index in [1.165, 1.54) is 11.3 Å². The van der Waals surface area contributed by atoms with E-state index in [9.17, 15) is 9.59 Å². The van der Waals surface area contributed by atoms with Gasteiger partial charge in [0.25, 0.3) is 5.91 Å². The number of halogens is 1. The maximum atomic E-state index is 14.5. The van der Waals surface area contributed by atoms with Crippen LogP contribution in [0.15, 0.2) is 66.7 Å². The fourth-order valence-electron chi connectivity index (χ4n) is 5.98. The van der Waals surface area contributed by atoms with Crippen LogP contribution in [0.3, 0.4) is 0 Å². The van der Waals surface area contributed by atoms with Crippen molar-refractivity contribution in [2.75, 3.05) is 13.7 Å². The van der Waals surface area contributed by atoms with Crippen LogP contribution in [0.2, 0.25) is 5.02 Å². The standard InChI is InChI=1S/C37H40ClN3O4S/c1-7-44-31-21-14-25(24-12-15-27(39-5)16-13-24)22-26(31)23-41(35(42)34-33(38)30-10-8-9-11-32(30)46-34)29-19-17-28(18-20-29)40(6)36(43)45-37(2,3)4/h8-16,21-22,28-29H,7,17-20,23H2,1-4,6H3/t28-,29-. The van der Waals surface area contributed by atoms with E-state index >= 15 is 0 Å². The number of rotatable bonds is 8. The highest BCUT2D eigenvalue weighted by Crippen LogP contribution is 2.39. The van der Waals surface area contributed by atoms with Crippen molar-refractivity contribution in [3.8, 4) is 16.9 Å². The smallest absolute Gasteiger partial charge is 0.410 e. The number of ether oxygens (including phenoxy) is 2. The Morgan fingerprint density at radius 2 is 1.63 bits per heavy atom. The molecular formula is C37H40ClN3O4S. The van der Waals surface area contributed by atoms with E-state index in [0.717, 1.165) is 58.2 Å². The van der Waals surface area contributed by atoms with Crippen molar-refractivity contribution >= 4 is 50.7 Å². The first-order valence-corrected chi connectivity index (χ1v) is 16.9. The molecule has 1 aliphatic carbocycles. The predicted molar refractivity (Wildman–Crippen MR) is 186 cm³/mol. The zero-order valence-electron chi connectivity index (χ0n) is 27.0. The number of amides is 2. The molecule has 7 nitrogen and oxygen atoms in total. The van der Waals surface area contributed by atoms with Gasteiger partial charge in [-0.3, -0.25) is 4.79 Å². The van der Waals surface area contributed by atoms with Gasteiger partial charge >= 0.3 is 6.09 Å². The Kier molecular flexibility index (Phi) is 10.2. The number of benzene rings is 3. The third-order valence-electron chi connectivity index (χ3n) is 8.36. The summed E-state index contributed by atoms with van der Waals surface area (Å²) in [5.74, 6) is 0.618. The Labute approximate surface area is 280 Å². The highest BCUT2D eigenvalue weighted by atomic mass is 35.5. The van der Waals surface area contributed by atoms with Crippen LogP contribution in [0.1, 0.15) is 68.6 Å². The fourth-order valence-corrected chi connectivity index (χ4v) is 7.45. The van der Waals surface area contributed by atoms with Crippen LogP contribution in [0.25, 0.3) is 26.1 Å². The van der Waals surface area contributed by atoms with Gasteiger partial charge in [0, 0.05) is 41.3 Å². The molecular weight excluding hydrogens is 618 g/mol. The zero-order valence-corrected chi connectivity index (χ0v) is 28.6. The predicted octanol–water partition coefficient (Wildman–Crippen LogP) is 9.99. The summed E-state index contributed by atoms with van der Waals surface area (Å²) >= 11 is 8.28. The average Bonchev–Trinajstić information content (AvgIpc) is 3.39. The molecule has 1 fully saturated rings. The van der Waals surface area contributed by atoms with Crippen LogP contribution in [-0.4, -0.2) is 53.1 Å². The molecule has 0 radical (unpaired) electrons. The maximum Gasteiger partial charge on any atom is 0.410 e. The van der Waals surface area contributed by atoms with Crippen LogP contribution in [0.4, 0.5) is 10.5 Å². The first kappa shape index (κ1) is 33.3. The van der Waals surface area contributed by atoms with Crippen LogP contribution in [-0.2, 0) is 11.3 Å². The molecule has 5 rings (SSSR count). The third-order valence-corrected chi connectivity index (χ3v) is 10.0.